The zero-order valence-electron chi connectivity index (χ0n) is 43.8. The molecule has 0 aliphatic carbocycles. The van der Waals surface area contributed by atoms with Crippen molar-refractivity contribution in [3.05, 3.63) is 0 Å². The van der Waals surface area contributed by atoms with Crippen LogP contribution in [0.5, 0.6) is 0 Å². The smallest absolute Gasteiger partial charge is 0.326 e. The molecule has 0 rings (SSSR count). The second kappa shape index (κ2) is 57.2. The third kappa shape index (κ3) is 52.3. The van der Waals surface area contributed by atoms with Crippen LogP contribution < -0.4 is 26.9 Å². The van der Waals surface area contributed by atoms with Gasteiger partial charge in [-0.25, -0.2) is 15.5 Å². The fourth-order valence-corrected chi connectivity index (χ4v) is 14.6. The Labute approximate surface area is 483 Å². The van der Waals surface area contributed by atoms with E-state index < -0.39 is 127 Å². The van der Waals surface area contributed by atoms with Crippen molar-refractivity contribution >= 4 is 139 Å². The van der Waals surface area contributed by atoms with Crippen LogP contribution >= 0.6 is 74.2 Å². The molecule has 23 nitrogen and oxygen atoms in total. The van der Waals surface area contributed by atoms with Gasteiger partial charge in [0.25, 0.3) is 0 Å². The Bertz CT molecular complexity index is 1720. The fraction of sp³-hybridized carbons (Fsp3) is 0.766. The lowest BCUT2D eigenvalue weighted by Gasteiger charge is -2.17. The van der Waals surface area contributed by atoms with Crippen LogP contribution in [0.25, 0.3) is 0 Å². The number of rotatable bonds is 49. The van der Waals surface area contributed by atoms with Crippen LogP contribution in [-0.4, -0.2) is 148 Å². The highest BCUT2D eigenvalue weighted by Gasteiger charge is 2.28. The maximum atomic E-state index is 12.7. The number of hydrogen-bond donors (Lipinski definition) is 12. The van der Waals surface area contributed by atoms with Gasteiger partial charge in [-0.2, -0.15) is 0 Å². The van der Waals surface area contributed by atoms with Crippen LogP contribution in [0.15, 0.2) is 0 Å². The van der Waals surface area contributed by atoms with Gasteiger partial charge in [0.15, 0.2) is 0 Å². The Morgan fingerprint density at radius 2 is 0.808 bits per heavy atom. The van der Waals surface area contributed by atoms with E-state index in [0.717, 1.165) is 51.4 Å². The van der Waals surface area contributed by atoms with E-state index in [1.54, 1.807) is 0 Å². The quantitative estimate of drug-likeness (QED) is 0.00905. The molecule has 0 spiro atoms. The summed E-state index contributed by atoms with van der Waals surface area (Å²) in [6, 6.07) is -3.71. The van der Waals surface area contributed by atoms with Crippen molar-refractivity contribution in [2.75, 3.05) is 29.2 Å². The molecule has 0 radical (unpaired) electrons. The topological polar surface area (TPSA) is 404 Å². The second-order valence-electron chi connectivity index (χ2n) is 17.0. The van der Waals surface area contributed by atoms with Gasteiger partial charge >= 0.3 is 35.8 Å². The summed E-state index contributed by atoms with van der Waals surface area (Å²) in [6.45, 7) is 0.236. The Morgan fingerprint density at radius 1 is 0.436 bits per heavy atom. The number of Topliss-reactive ketones (excluding diaryl/α,β-unsaturated/α-hetero) is 2. The molecule has 31 heteroatoms. The number of carbonyl (C=O) groups is 11. The maximum absolute atomic E-state index is 12.7. The van der Waals surface area contributed by atoms with Crippen molar-refractivity contribution in [1.29, 1.82) is 0 Å². The minimum atomic E-state index is -1.58. The number of aliphatic carboxylic acids is 6. The van der Waals surface area contributed by atoms with Crippen molar-refractivity contribution in [3.8, 4) is 0 Å². The largest absolute Gasteiger partial charge is 0.481 e. The lowest BCUT2D eigenvalue weighted by atomic mass is 9.93. The third-order valence-corrected chi connectivity index (χ3v) is 19.0. The third-order valence-electron chi connectivity index (χ3n) is 11.1. The van der Waals surface area contributed by atoms with Gasteiger partial charge in [0, 0.05) is 57.9 Å². The predicted octanol–water partition coefficient (Wildman–Crippen LogP) is 7.88. The maximum Gasteiger partial charge on any atom is 0.326 e. The Morgan fingerprint density at radius 3 is 1.17 bits per heavy atom. The molecular weight excluding hydrogens is 1160 g/mol. The summed E-state index contributed by atoms with van der Waals surface area (Å²) in [5.41, 5.74) is 0. The Balaban J connectivity index is -0.00000113. The van der Waals surface area contributed by atoms with Crippen LogP contribution in [0.3, 0.4) is 0 Å². The van der Waals surface area contributed by atoms with Gasteiger partial charge in [-0.05, 0) is 70.3 Å². The molecule has 1 unspecified atom stereocenters. The zero-order valence-corrected chi connectivity index (χ0v) is 49.9. The first kappa shape index (κ1) is 83.7. The van der Waals surface area contributed by atoms with Crippen molar-refractivity contribution in [3.63, 3.8) is 0 Å². The standard InChI is InChI=1S/C42H69N4O17P.C4H10S6.CH4.FH.H3NO/c47-29(25-27(38(54)55)16-22-34(49)43-24-12-11-13-33(46-64)42(62)63)19-21-32(41(60)61)45-36(51)23-17-28(39(56)57)26-30(48)18-20-31(40(58)59)44-35(50)14-9-7-5-3-1-2-4-6-8-10-15-37(52)53;1-5-7-3-9-10-4-8-6-2;;;1-2/h27-28,31-33,46H,1-26,64H2,(H,43,49)(H,44,50)(H,45,51)(H,52,53)(H,54,55)(H,56,57)(H,58,59)(H,60,61)(H,62,63);3-4H2,1-2H3;1H4;1H;2H,1H2/t27-,28-,31+,32+,33+;;;;/m1..../s1. The molecule has 0 bridgehead atoms. The first-order valence-electron chi connectivity index (χ1n) is 24.7. The van der Waals surface area contributed by atoms with Crippen molar-refractivity contribution in [2.45, 2.75) is 186 Å². The van der Waals surface area contributed by atoms with E-state index in [1.165, 1.54) is 10.2 Å². The summed E-state index contributed by atoms with van der Waals surface area (Å²) >= 11 is 0. The summed E-state index contributed by atoms with van der Waals surface area (Å²) in [5.74, 6) is -9.63. The minimum absolute atomic E-state index is 0. The van der Waals surface area contributed by atoms with Gasteiger partial charge in [-0.1, -0.05) is 133 Å². The van der Waals surface area contributed by atoms with E-state index in [1.807, 2.05) is 64.8 Å². The second-order valence-corrected chi connectivity index (χ2v) is 25.7. The van der Waals surface area contributed by atoms with E-state index >= 15 is 0 Å². The van der Waals surface area contributed by atoms with Gasteiger partial charge in [-0.3, -0.25) is 52.9 Å². The molecule has 0 heterocycles. The van der Waals surface area contributed by atoms with E-state index in [9.17, 15) is 73.2 Å². The number of nitrogens with one attached hydrogen (secondary N) is 4. The average molecular weight is 1250 g/mol. The van der Waals surface area contributed by atoms with Crippen LogP contribution in [0.1, 0.15) is 168 Å². The van der Waals surface area contributed by atoms with E-state index in [4.69, 9.17) is 15.4 Å². The molecule has 0 fully saturated rings. The highest BCUT2D eigenvalue weighted by atomic mass is 33.2. The van der Waals surface area contributed by atoms with E-state index in [0.29, 0.717) is 32.1 Å². The van der Waals surface area contributed by atoms with Crippen molar-refractivity contribution in [1.82, 2.24) is 21.0 Å². The normalized spacial score (nSPS) is 12.3. The molecule has 6 atom stereocenters. The van der Waals surface area contributed by atoms with Gasteiger partial charge < -0.3 is 51.8 Å². The molecule has 0 aromatic heterocycles. The highest BCUT2D eigenvalue weighted by molar-refractivity contribution is 8.88. The molecule has 3 amide bonds. The highest BCUT2D eigenvalue weighted by Crippen LogP contribution is 2.35. The number of carboxylic acid groups (broad SMARTS) is 6. The SMILES string of the molecule is C.CSSCSSCSSC.F.NO.O=C(O)CCCCCCCCCCCCC(=O)N[C@@H](CCC(=O)C[C@@H](CCC(=O)N[C@@H](CCC(=O)C[C@@H](CCC(=O)NCCCC[C@H](NP)C(=O)O)C(=O)O)C(=O)O)C(=O)O)C(=O)O. The van der Waals surface area contributed by atoms with Gasteiger partial charge in [0.2, 0.25) is 17.7 Å². The first-order chi connectivity index (χ1) is 36.2. The van der Waals surface area contributed by atoms with Crippen molar-refractivity contribution in [2.24, 2.45) is 17.7 Å². The molecule has 0 aromatic rings. The van der Waals surface area contributed by atoms with E-state index in [-0.39, 0.29) is 63.6 Å². The number of amides is 3. The molecule has 13 N–H and O–H groups in total. The van der Waals surface area contributed by atoms with Crippen molar-refractivity contribution < 1.29 is 93.3 Å². The molecular formula is C47H87FN5O18PS6. The summed E-state index contributed by atoms with van der Waals surface area (Å²) < 4.78 is 0. The molecule has 0 aliphatic heterocycles. The molecule has 0 saturated heterocycles. The number of carbonyl (C=O) groups excluding carboxylic acids is 5. The van der Waals surface area contributed by atoms with Gasteiger partial charge in [-0.15, -0.1) is 0 Å². The van der Waals surface area contributed by atoms with Crippen LogP contribution in [0.4, 0.5) is 4.70 Å². The zero-order chi connectivity index (χ0) is 58.1. The Kier molecular flexibility index (Phi) is 61.4. The molecule has 456 valence electrons. The summed E-state index contributed by atoms with van der Waals surface area (Å²) in [7, 11) is 13.5. The molecule has 0 aromatic carbocycles. The summed E-state index contributed by atoms with van der Waals surface area (Å²) in [6.07, 6.45) is 10.9. The number of hydrogen-bond acceptors (Lipinski definition) is 20. The van der Waals surface area contributed by atoms with Gasteiger partial charge in [0.1, 0.15) is 29.7 Å². The molecule has 78 heavy (non-hydrogen) atoms. The lowest BCUT2D eigenvalue weighted by molar-refractivity contribution is -0.145. The van der Waals surface area contributed by atoms with Crippen LogP contribution in [0, 0.1) is 11.8 Å². The van der Waals surface area contributed by atoms with Crippen LogP contribution in [-0.2, 0) is 52.7 Å². The predicted molar refractivity (Wildman–Crippen MR) is 314 cm³/mol. The monoisotopic (exact) mass is 1250 g/mol. The first-order valence-corrected chi connectivity index (χ1v) is 33.2. The number of halogens is 1. The van der Waals surface area contributed by atoms with E-state index in [2.05, 4.69) is 48.8 Å². The summed E-state index contributed by atoms with van der Waals surface area (Å²) in [5, 5.41) is 74.8. The number of unbranched alkanes of at least 4 members (excludes halogenated alkanes) is 10. The lowest BCUT2D eigenvalue weighted by Crippen LogP contribution is -2.41. The fourth-order valence-electron chi connectivity index (χ4n) is 6.90. The minimum Gasteiger partial charge on any atom is -0.481 e. The Hall–Kier alpha value is -3.09. The number of carboxylic acids is 6. The number of nitrogens with two attached hydrogens (primary N) is 1. The average Bonchev–Trinajstić information content (AvgIpc) is 3.36. The summed E-state index contributed by atoms with van der Waals surface area (Å²) in [4.78, 5) is 131. The van der Waals surface area contributed by atoms with Gasteiger partial charge in [0.05, 0.1) is 22.0 Å². The number of ketones is 2. The molecule has 0 saturated carbocycles. The van der Waals surface area contributed by atoms with Crippen LogP contribution in [0.2, 0.25) is 0 Å². The molecule has 0 aliphatic rings.